The van der Waals surface area contributed by atoms with Crippen molar-refractivity contribution in [3.63, 3.8) is 0 Å². The van der Waals surface area contributed by atoms with E-state index in [-0.39, 0.29) is 4.91 Å². The van der Waals surface area contributed by atoms with E-state index in [1.165, 1.54) is 20.1 Å². The third-order valence-corrected chi connectivity index (χ3v) is 5.28. The minimum Gasteiger partial charge on any atom is -0.467 e. The van der Waals surface area contributed by atoms with Gasteiger partial charge in [0.25, 0.3) is 11.1 Å². The lowest BCUT2D eigenvalue weighted by Crippen LogP contribution is -2.42. The first-order chi connectivity index (χ1) is 12.8. The number of ether oxygens (including phenoxy) is 1. The summed E-state index contributed by atoms with van der Waals surface area (Å²) in [6.07, 6.45) is 1.45. The maximum Gasteiger partial charge on any atom is 0.328 e. The molecule has 0 radical (unpaired) electrons. The summed E-state index contributed by atoms with van der Waals surface area (Å²) in [6, 6.07) is 7.35. The maximum absolute atomic E-state index is 12.5. The highest BCUT2D eigenvalue weighted by molar-refractivity contribution is 8.18. The van der Waals surface area contributed by atoms with E-state index in [1.807, 2.05) is 0 Å². The molecular weight excluding hydrogens is 413 g/mol. The van der Waals surface area contributed by atoms with Crippen molar-refractivity contribution in [1.29, 1.82) is 0 Å². The number of nitrogens with zero attached hydrogens (tertiary/aromatic N) is 1. The summed E-state index contributed by atoms with van der Waals surface area (Å²) in [5.41, 5.74) is 0.646. The fourth-order valence-electron chi connectivity index (χ4n) is 2.48. The minimum atomic E-state index is -1.01. The Balaban J connectivity index is 1.86. The number of benzene rings is 1. The van der Waals surface area contributed by atoms with Crippen molar-refractivity contribution in [3.05, 3.63) is 51.0 Å². The summed E-state index contributed by atoms with van der Waals surface area (Å²) in [5, 5.41) is 0.385. The number of halogens is 2. The molecule has 0 saturated carbocycles. The average molecular weight is 426 g/mol. The maximum atomic E-state index is 12.5. The van der Waals surface area contributed by atoms with Gasteiger partial charge in [-0.15, -0.1) is 0 Å². The SMILES string of the molecule is COC(=O)C(C)N1C(=O)S/C(=C\c2ccc(-c3ccc(Cl)cc3Cl)o2)C1=O. The largest absolute Gasteiger partial charge is 0.467 e. The number of amides is 2. The van der Waals surface area contributed by atoms with Crippen LogP contribution in [0.5, 0.6) is 0 Å². The Bertz CT molecular complexity index is 968. The van der Waals surface area contributed by atoms with Gasteiger partial charge in [0.15, 0.2) is 0 Å². The van der Waals surface area contributed by atoms with Gasteiger partial charge in [-0.2, -0.15) is 0 Å². The molecule has 1 aliphatic heterocycles. The van der Waals surface area contributed by atoms with E-state index in [0.717, 1.165) is 16.7 Å². The minimum absolute atomic E-state index is 0.152. The van der Waals surface area contributed by atoms with Crippen LogP contribution in [0.4, 0.5) is 4.79 Å². The van der Waals surface area contributed by atoms with Crippen molar-refractivity contribution in [3.8, 4) is 11.3 Å². The molecule has 1 atom stereocenters. The lowest BCUT2D eigenvalue weighted by Gasteiger charge is -2.18. The van der Waals surface area contributed by atoms with Gasteiger partial charge >= 0.3 is 5.97 Å². The topological polar surface area (TPSA) is 76.8 Å². The van der Waals surface area contributed by atoms with Gasteiger partial charge in [-0.3, -0.25) is 14.5 Å². The Morgan fingerprint density at radius 2 is 2.00 bits per heavy atom. The second-order valence-corrected chi connectivity index (χ2v) is 7.41. The Labute approximate surface area is 169 Å². The number of esters is 1. The highest BCUT2D eigenvalue weighted by Gasteiger charge is 2.41. The van der Waals surface area contributed by atoms with Gasteiger partial charge in [0.05, 0.1) is 17.0 Å². The second-order valence-electron chi connectivity index (χ2n) is 5.58. The third-order valence-electron chi connectivity index (χ3n) is 3.85. The second kappa shape index (κ2) is 7.80. The molecule has 0 N–H and O–H groups in total. The molecule has 6 nitrogen and oxygen atoms in total. The highest BCUT2D eigenvalue weighted by Crippen LogP contribution is 2.36. The molecule has 140 valence electrons. The van der Waals surface area contributed by atoms with Gasteiger partial charge in [0.2, 0.25) is 0 Å². The smallest absolute Gasteiger partial charge is 0.328 e. The molecule has 9 heteroatoms. The van der Waals surface area contributed by atoms with Crippen molar-refractivity contribution < 1.29 is 23.5 Å². The monoisotopic (exact) mass is 425 g/mol. The molecule has 2 heterocycles. The number of hydrogen-bond acceptors (Lipinski definition) is 6. The predicted octanol–water partition coefficient (Wildman–Crippen LogP) is 4.85. The van der Waals surface area contributed by atoms with Crippen molar-refractivity contribution in [2.24, 2.45) is 0 Å². The van der Waals surface area contributed by atoms with Crippen LogP contribution in [0.1, 0.15) is 12.7 Å². The van der Waals surface area contributed by atoms with E-state index in [0.29, 0.717) is 27.1 Å². The first-order valence-electron chi connectivity index (χ1n) is 7.72. The average Bonchev–Trinajstić information content (AvgIpc) is 3.18. The van der Waals surface area contributed by atoms with E-state index < -0.39 is 23.2 Å². The van der Waals surface area contributed by atoms with Crippen LogP contribution in [0.15, 0.2) is 39.7 Å². The molecule has 1 aliphatic rings. The Hall–Kier alpha value is -2.22. The summed E-state index contributed by atoms with van der Waals surface area (Å²) >= 11 is 12.8. The molecule has 1 aromatic carbocycles. The highest BCUT2D eigenvalue weighted by atomic mass is 35.5. The first-order valence-corrected chi connectivity index (χ1v) is 9.29. The van der Waals surface area contributed by atoms with Crippen molar-refractivity contribution >= 4 is 58.2 Å². The van der Waals surface area contributed by atoms with Gasteiger partial charge in [0, 0.05) is 16.7 Å². The summed E-state index contributed by atoms with van der Waals surface area (Å²) in [5.74, 6) is -0.390. The lowest BCUT2D eigenvalue weighted by atomic mass is 10.2. The molecule has 27 heavy (non-hydrogen) atoms. The fourth-order valence-corrected chi connectivity index (χ4v) is 3.87. The zero-order valence-electron chi connectivity index (χ0n) is 14.2. The first kappa shape index (κ1) is 19.5. The predicted molar refractivity (Wildman–Crippen MR) is 103 cm³/mol. The molecule has 2 amide bonds. The Morgan fingerprint density at radius 1 is 1.26 bits per heavy atom. The van der Waals surface area contributed by atoms with Crippen LogP contribution in [-0.2, 0) is 14.3 Å². The van der Waals surface area contributed by atoms with E-state index in [2.05, 4.69) is 4.74 Å². The molecule has 3 rings (SSSR count). The molecule has 1 unspecified atom stereocenters. The third kappa shape index (κ3) is 3.90. The zero-order chi connectivity index (χ0) is 19.7. The van der Waals surface area contributed by atoms with Crippen LogP contribution in [0.25, 0.3) is 17.4 Å². The Morgan fingerprint density at radius 3 is 2.67 bits per heavy atom. The number of carbonyl (C=O) groups excluding carboxylic acids is 3. The van der Waals surface area contributed by atoms with Crippen LogP contribution < -0.4 is 0 Å². The lowest BCUT2D eigenvalue weighted by molar-refractivity contribution is -0.148. The number of furan rings is 1. The van der Waals surface area contributed by atoms with Crippen LogP contribution in [0.3, 0.4) is 0 Å². The molecule has 1 saturated heterocycles. The standard InChI is InChI=1S/C18H13Cl2NO5S/c1-9(17(23)25-2)21-16(22)15(27-18(21)24)8-11-4-6-14(26-11)12-5-3-10(19)7-13(12)20/h3-9H,1-2H3/b15-8-. The quantitative estimate of drug-likeness (QED) is 0.514. The molecular formula is C18H13Cl2NO5S. The number of methoxy groups -OCH3 is 1. The molecule has 1 fully saturated rings. The van der Waals surface area contributed by atoms with Gasteiger partial charge in [-0.1, -0.05) is 23.2 Å². The van der Waals surface area contributed by atoms with E-state index in [1.54, 1.807) is 30.3 Å². The number of rotatable bonds is 4. The number of imide groups is 1. The number of thioether (sulfide) groups is 1. The molecule has 0 spiro atoms. The zero-order valence-corrected chi connectivity index (χ0v) is 16.5. The van der Waals surface area contributed by atoms with Crippen LogP contribution in [-0.4, -0.2) is 35.2 Å². The van der Waals surface area contributed by atoms with Crippen LogP contribution >= 0.6 is 35.0 Å². The van der Waals surface area contributed by atoms with Gasteiger partial charge in [-0.25, -0.2) is 4.79 Å². The van der Waals surface area contributed by atoms with Crippen molar-refractivity contribution in [2.45, 2.75) is 13.0 Å². The van der Waals surface area contributed by atoms with E-state index in [9.17, 15) is 14.4 Å². The Kier molecular flexibility index (Phi) is 5.64. The summed E-state index contributed by atoms with van der Waals surface area (Å²) in [7, 11) is 1.19. The summed E-state index contributed by atoms with van der Waals surface area (Å²) in [4.78, 5) is 37.2. The van der Waals surface area contributed by atoms with Crippen molar-refractivity contribution in [2.75, 3.05) is 7.11 Å². The van der Waals surface area contributed by atoms with Gasteiger partial charge in [-0.05, 0) is 49.0 Å². The number of hydrogen-bond donors (Lipinski definition) is 0. The summed E-state index contributed by atoms with van der Waals surface area (Å²) in [6.45, 7) is 1.43. The van der Waals surface area contributed by atoms with E-state index in [4.69, 9.17) is 27.6 Å². The van der Waals surface area contributed by atoms with Gasteiger partial charge in [0.1, 0.15) is 17.6 Å². The van der Waals surface area contributed by atoms with Crippen LogP contribution in [0.2, 0.25) is 10.0 Å². The normalized spacial score (nSPS) is 16.9. The summed E-state index contributed by atoms with van der Waals surface area (Å²) < 4.78 is 10.3. The van der Waals surface area contributed by atoms with Crippen molar-refractivity contribution in [1.82, 2.24) is 4.90 Å². The van der Waals surface area contributed by atoms with Crippen LogP contribution in [0, 0.1) is 0 Å². The molecule has 1 aromatic heterocycles. The molecule has 0 aliphatic carbocycles. The molecule has 2 aromatic rings. The van der Waals surface area contributed by atoms with E-state index >= 15 is 0 Å². The molecule has 0 bridgehead atoms. The number of carbonyl (C=O) groups is 3. The fraction of sp³-hybridized carbons (Fsp3) is 0.167. The van der Waals surface area contributed by atoms with Gasteiger partial charge < -0.3 is 9.15 Å².